The highest BCUT2D eigenvalue weighted by Crippen LogP contribution is 2.31. The summed E-state index contributed by atoms with van der Waals surface area (Å²) in [5.74, 6) is -2.06. The van der Waals surface area contributed by atoms with Crippen LogP contribution in [-0.4, -0.2) is 11.1 Å². The van der Waals surface area contributed by atoms with Gasteiger partial charge in [0.1, 0.15) is 5.92 Å². The number of benzene rings is 1. The Hall–Kier alpha value is -1.96. The van der Waals surface area contributed by atoms with Crippen molar-refractivity contribution in [2.45, 2.75) is 6.92 Å². The lowest BCUT2D eigenvalue weighted by Gasteiger charge is -2.22. The molecule has 0 saturated heterocycles. The largest absolute Gasteiger partial charge is 0.481 e. The number of rotatable bonds is 2. The molecule has 0 aromatic heterocycles. The number of carboxylic acid groups (broad SMARTS) is 1. The van der Waals surface area contributed by atoms with Gasteiger partial charge in [-0.3, -0.25) is 4.79 Å². The molecule has 0 fully saturated rings. The van der Waals surface area contributed by atoms with Gasteiger partial charge in [-0.05, 0) is 31.2 Å². The van der Waals surface area contributed by atoms with Crippen molar-refractivity contribution in [2.24, 2.45) is 5.92 Å². The summed E-state index contributed by atoms with van der Waals surface area (Å²) in [5, 5.41) is 22.2. The number of aliphatic carboxylic acids is 1. The Bertz CT molecular complexity index is 687. The van der Waals surface area contributed by atoms with E-state index in [1.807, 2.05) is 6.07 Å². The molecule has 0 aliphatic carbocycles. The Balaban J connectivity index is 2.50. The number of carboxylic acids is 1. The van der Waals surface area contributed by atoms with Crippen LogP contribution in [0.15, 0.2) is 35.5 Å². The monoisotopic (exact) mass is 308 g/mol. The number of halogens is 2. The standard InChI is InChI=1S/C14H10Cl2N2O2/c1-7-11(6-17)10(14(19)20)5-13(18-7)9-3-2-8(15)4-12(9)16/h2-5,10,18H,1H3,(H,19,20). The van der Waals surface area contributed by atoms with Crippen LogP contribution in [0.25, 0.3) is 5.70 Å². The molecule has 1 aliphatic rings. The maximum absolute atomic E-state index is 11.3. The van der Waals surface area contributed by atoms with Crippen LogP contribution in [0, 0.1) is 17.2 Å². The average molecular weight is 309 g/mol. The van der Waals surface area contributed by atoms with Gasteiger partial charge in [0.2, 0.25) is 0 Å². The lowest BCUT2D eigenvalue weighted by Crippen LogP contribution is -2.25. The number of nitriles is 1. The molecule has 1 atom stereocenters. The number of nitrogens with zero attached hydrogens (tertiary/aromatic N) is 1. The molecular weight excluding hydrogens is 299 g/mol. The molecular formula is C14H10Cl2N2O2. The van der Waals surface area contributed by atoms with E-state index in [9.17, 15) is 9.90 Å². The van der Waals surface area contributed by atoms with Gasteiger partial charge in [0, 0.05) is 22.0 Å². The second-order valence-corrected chi connectivity index (χ2v) is 5.14. The van der Waals surface area contributed by atoms with Gasteiger partial charge in [0.05, 0.1) is 16.7 Å². The molecule has 1 aromatic rings. The number of nitrogens with one attached hydrogen (secondary N) is 1. The Morgan fingerprint density at radius 3 is 2.70 bits per heavy atom. The molecule has 0 spiro atoms. The first-order valence-electron chi connectivity index (χ1n) is 5.72. The summed E-state index contributed by atoms with van der Waals surface area (Å²) in [7, 11) is 0. The van der Waals surface area contributed by atoms with Crippen molar-refractivity contribution in [3.8, 4) is 6.07 Å². The Morgan fingerprint density at radius 2 is 2.15 bits per heavy atom. The molecule has 20 heavy (non-hydrogen) atoms. The zero-order valence-electron chi connectivity index (χ0n) is 10.4. The second-order valence-electron chi connectivity index (χ2n) is 4.30. The van der Waals surface area contributed by atoms with Crippen LogP contribution in [0.5, 0.6) is 0 Å². The Morgan fingerprint density at radius 1 is 1.45 bits per heavy atom. The van der Waals surface area contributed by atoms with Gasteiger partial charge in [0.25, 0.3) is 0 Å². The smallest absolute Gasteiger partial charge is 0.315 e. The summed E-state index contributed by atoms with van der Waals surface area (Å²) in [6, 6.07) is 6.87. The summed E-state index contributed by atoms with van der Waals surface area (Å²) in [4.78, 5) is 11.3. The highest BCUT2D eigenvalue weighted by atomic mass is 35.5. The topological polar surface area (TPSA) is 73.1 Å². The van der Waals surface area contributed by atoms with Gasteiger partial charge in [0.15, 0.2) is 0 Å². The lowest BCUT2D eigenvalue weighted by molar-refractivity contribution is -0.138. The maximum Gasteiger partial charge on any atom is 0.315 e. The first-order chi connectivity index (χ1) is 9.43. The van der Waals surface area contributed by atoms with Crippen molar-refractivity contribution in [3.63, 3.8) is 0 Å². The zero-order valence-corrected chi connectivity index (χ0v) is 12.0. The first-order valence-corrected chi connectivity index (χ1v) is 6.47. The van der Waals surface area contributed by atoms with Crippen molar-refractivity contribution in [1.82, 2.24) is 5.32 Å². The molecule has 0 saturated carbocycles. The number of allylic oxidation sites excluding steroid dienone is 1. The van der Waals surface area contributed by atoms with E-state index >= 15 is 0 Å². The average Bonchev–Trinajstić information content (AvgIpc) is 2.37. The van der Waals surface area contributed by atoms with Gasteiger partial charge >= 0.3 is 5.97 Å². The fraction of sp³-hybridized carbons (Fsp3) is 0.143. The van der Waals surface area contributed by atoms with Crippen LogP contribution in [0.2, 0.25) is 10.0 Å². The highest BCUT2D eigenvalue weighted by Gasteiger charge is 2.27. The number of hydrogen-bond acceptors (Lipinski definition) is 3. The predicted molar refractivity (Wildman–Crippen MR) is 77.0 cm³/mol. The quantitative estimate of drug-likeness (QED) is 0.877. The van der Waals surface area contributed by atoms with Gasteiger partial charge in [-0.25, -0.2) is 0 Å². The summed E-state index contributed by atoms with van der Waals surface area (Å²) in [6.45, 7) is 1.66. The maximum atomic E-state index is 11.3. The van der Waals surface area contributed by atoms with Gasteiger partial charge < -0.3 is 10.4 Å². The Kier molecular flexibility index (Phi) is 4.03. The van der Waals surface area contributed by atoms with Crippen molar-refractivity contribution in [1.29, 1.82) is 5.26 Å². The van der Waals surface area contributed by atoms with Crippen LogP contribution in [-0.2, 0) is 4.79 Å². The third-order valence-electron chi connectivity index (χ3n) is 2.98. The van der Waals surface area contributed by atoms with E-state index in [0.29, 0.717) is 27.0 Å². The van der Waals surface area contributed by atoms with Crippen LogP contribution in [0.1, 0.15) is 12.5 Å². The number of dihydropyridines is 1. The molecule has 1 aromatic carbocycles. The third kappa shape index (κ3) is 2.64. The molecule has 102 valence electrons. The minimum Gasteiger partial charge on any atom is -0.481 e. The minimum absolute atomic E-state index is 0.186. The normalized spacial score (nSPS) is 18.1. The molecule has 0 bridgehead atoms. The summed E-state index contributed by atoms with van der Waals surface area (Å²) in [6.07, 6.45) is 1.48. The number of hydrogen-bond donors (Lipinski definition) is 2. The molecule has 6 heteroatoms. The summed E-state index contributed by atoms with van der Waals surface area (Å²) >= 11 is 12.0. The Labute approximate surface area is 125 Å². The fourth-order valence-electron chi connectivity index (χ4n) is 2.01. The molecule has 0 amide bonds. The van der Waals surface area contributed by atoms with Crippen LogP contribution in [0.4, 0.5) is 0 Å². The van der Waals surface area contributed by atoms with Crippen LogP contribution < -0.4 is 5.32 Å². The van der Waals surface area contributed by atoms with Crippen LogP contribution >= 0.6 is 23.2 Å². The van der Waals surface area contributed by atoms with E-state index in [1.165, 1.54) is 6.08 Å². The van der Waals surface area contributed by atoms with E-state index in [1.54, 1.807) is 25.1 Å². The summed E-state index contributed by atoms with van der Waals surface area (Å²) in [5.41, 5.74) is 1.88. The van der Waals surface area contributed by atoms with E-state index < -0.39 is 11.9 Å². The van der Waals surface area contributed by atoms with Crippen molar-refractivity contribution >= 4 is 34.9 Å². The van der Waals surface area contributed by atoms with Crippen molar-refractivity contribution in [2.75, 3.05) is 0 Å². The molecule has 1 unspecified atom stereocenters. The molecule has 1 aliphatic heterocycles. The third-order valence-corrected chi connectivity index (χ3v) is 3.53. The molecule has 2 rings (SSSR count). The van der Waals surface area contributed by atoms with E-state index in [-0.39, 0.29) is 5.57 Å². The zero-order chi connectivity index (χ0) is 14.9. The van der Waals surface area contributed by atoms with Gasteiger partial charge in [-0.2, -0.15) is 5.26 Å². The summed E-state index contributed by atoms with van der Waals surface area (Å²) < 4.78 is 0. The molecule has 0 radical (unpaired) electrons. The SMILES string of the molecule is CC1=C(C#N)C(C(=O)O)C=C(c2ccc(Cl)cc2Cl)N1. The fourth-order valence-corrected chi connectivity index (χ4v) is 2.52. The van der Waals surface area contributed by atoms with Crippen LogP contribution in [0.3, 0.4) is 0 Å². The minimum atomic E-state index is -1.08. The van der Waals surface area contributed by atoms with E-state index in [0.717, 1.165) is 0 Å². The molecule has 2 N–H and O–H groups in total. The highest BCUT2D eigenvalue weighted by molar-refractivity contribution is 6.35. The molecule has 4 nitrogen and oxygen atoms in total. The van der Waals surface area contributed by atoms with Crippen molar-refractivity contribution < 1.29 is 9.90 Å². The van der Waals surface area contributed by atoms with E-state index in [2.05, 4.69) is 5.32 Å². The second kappa shape index (κ2) is 5.58. The lowest BCUT2D eigenvalue weighted by atomic mass is 9.92. The van der Waals surface area contributed by atoms with E-state index in [4.69, 9.17) is 28.5 Å². The first kappa shape index (κ1) is 14.4. The van der Waals surface area contributed by atoms with Gasteiger partial charge in [-0.1, -0.05) is 23.2 Å². The molecule has 1 heterocycles. The van der Waals surface area contributed by atoms with Gasteiger partial charge in [-0.15, -0.1) is 0 Å². The van der Waals surface area contributed by atoms with Crippen molar-refractivity contribution in [3.05, 3.63) is 51.2 Å². The number of carbonyl (C=O) groups is 1. The predicted octanol–water partition coefficient (Wildman–Crippen LogP) is 3.44.